The summed E-state index contributed by atoms with van der Waals surface area (Å²) in [5.74, 6) is -0.869. The first-order valence-corrected chi connectivity index (χ1v) is 30.5. The van der Waals surface area contributed by atoms with Crippen molar-refractivity contribution in [3.8, 4) is 0 Å². The molecule has 0 bridgehead atoms. The predicted molar refractivity (Wildman–Crippen MR) is 320 cm³/mol. The van der Waals surface area contributed by atoms with Gasteiger partial charge >= 0.3 is 19.8 Å². The minimum absolute atomic E-state index is 0.0405. The number of esters is 2. The van der Waals surface area contributed by atoms with Crippen molar-refractivity contribution in [3.63, 3.8) is 0 Å². The van der Waals surface area contributed by atoms with Gasteiger partial charge in [-0.15, -0.1) is 0 Å². The number of hydrogen-bond donors (Lipinski definition) is 2. The van der Waals surface area contributed by atoms with E-state index in [2.05, 4.69) is 172 Å². The fraction of sp³-hybridized carbons (Fsp3) is 0.569. The molecule has 0 radical (unpaired) electrons. The lowest BCUT2D eigenvalue weighted by atomic mass is 10.1. The Labute approximate surface area is 458 Å². The molecule has 0 aromatic heterocycles. The molecule has 75 heavy (non-hydrogen) atoms. The van der Waals surface area contributed by atoms with Crippen LogP contribution in [0, 0.1) is 0 Å². The van der Waals surface area contributed by atoms with E-state index in [1.54, 1.807) is 0 Å². The van der Waals surface area contributed by atoms with Gasteiger partial charge in [-0.3, -0.25) is 18.6 Å². The number of nitrogens with two attached hydrogens (primary N) is 1. The average molecular weight is 1060 g/mol. The van der Waals surface area contributed by atoms with Crippen LogP contribution in [0.25, 0.3) is 0 Å². The quantitative estimate of drug-likeness (QED) is 0.0264. The van der Waals surface area contributed by atoms with Gasteiger partial charge < -0.3 is 20.1 Å². The van der Waals surface area contributed by atoms with E-state index in [-0.39, 0.29) is 32.6 Å². The lowest BCUT2D eigenvalue weighted by Crippen LogP contribution is -2.29. The van der Waals surface area contributed by atoms with Crippen molar-refractivity contribution < 1.29 is 37.6 Å². The Morgan fingerprint density at radius 2 is 0.693 bits per heavy atom. The predicted octanol–water partition coefficient (Wildman–Crippen LogP) is 18.5. The second-order valence-electron chi connectivity index (χ2n) is 18.4. The van der Waals surface area contributed by atoms with Crippen molar-refractivity contribution in [1.29, 1.82) is 0 Å². The van der Waals surface area contributed by atoms with Crippen molar-refractivity contribution in [3.05, 3.63) is 158 Å². The summed E-state index contributed by atoms with van der Waals surface area (Å²) in [5.41, 5.74) is 5.37. The van der Waals surface area contributed by atoms with Crippen LogP contribution in [0.3, 0.4) is 0 Å². The van der Waals surface area contributed by atoms with Crippen LogP contribution < -0.4 is 5.73 Å². The molecule has 9 nitrogen and oxygen atoms in total. The summed E-state index contributed by atoms with van der Waals surface area (Å²) >= 11 is 0. The third-order valence-electron chi connectivity index (χ3n) is 11.4. The van der Waals surface area contributed by atoms with Crippen LogP contribution in [0.4, 0.5) is 0 Å². The molecule has 0 heterocycles. The van der Waals surface area contributed by atoms with Crippen LogP contribution in [0.15, 0.2) is 158 Å². The minimum atomic E-state index is -4.40. The van der Waals surface area contributed by atoms with E-state index < -0.39 is 32.5 Å². The van der Waals surface area contributed by atoms with E-state index in [1.165, 1.54) is 19.3 Å². The summed E-state index contributed by atoms with van der Waals surface area (Å²) in [7, 11) is -4.40. The van der Waals surface area contributed by atoms with E-state index in [1.807, 2.05) is 0 Å². The third-order valence-corrected chi connectivity index (χ3v) is 12.4. The number of rotatable bonds is 52. The Kier molecular flexibility index (Phi) is 55.5. The molecule has 2 unspecified atom stereocenters. The zero-order valence-corrected chi connectivity index (χ0v) is 47.9. The largest absolute Gasteiger partial charge is 0.472 e. The lowest BCUT2D eigenvalue weighted by Gasteiger charge is -2.19. The Hall–Kier alpha value is -4.37. The van der Waals surface area contributed by atoms with Gasteiger partial charge in [0.2, 0.25) is 0 Å². The first-order valence-electron chi connectivity index (χ1n) is 29.0. The second-order valence-corrected chi connectivity index (χ2v) is 19.8. The van der Waals surface area contributed by atoms with Crippen LogP contribution in [-0.4, -0.2) is 49.3 Å². The van der Waals surface area contributed by atoms with E-state index in [9.17, 15) is 19.0 Å². The molecule has 2 atom stereocenters. The average Bonchev–Trinajstić information content (AvgIpc) is 3.40. The van der Waals surface area contributed by atoms with E-state index >= 15 is 0 Å². The van der Waals surface area contributed by atoms with Crippen molar-refractivity contribution in [2.75, 3.05) is 26.4 Å². The Morgan fingerprint density at radius 3 is 1.03 bits per heavy atom. The summed E-state index contributed by atoms with van der Waals surface area (Å²) in [6.07, 6.45) is 85.8. The van der Waals surface area contributed by atoms with Gasteiger partial charge in [0.05, 0.1) is 13.2 Å². The lowest BCUT2D eigenvalue weighted by molar-refractivity contribution is -0.161. The Morgan fingerprint density at radius 1 is 0.400 bits per heavy atom. The van der Waals surface area contributed by atoms with E-state index in [0.717, 1.165) is 148 Å². The standard InChI is InChI=1S/C65H104NO8P/c1-3-5-7-9-11-13-15-17-19-21-22-23-24-25-26-27-28-29-30-31-32-33-34-35-36-37-38-39-40-42-44-46-48-50-52-54-56-58-65(68)74-63(62-73-75(69,70)72-60-59-66)61-71-64(67)57-55-53-51-49-47-45-43-41-20-18-16-14-12-10-8-6-4-2/h5-8,11-14,17-20,22-23,25-26,28-29,31-32,34-35,37-38,40,42,63H,3-4,9-10,15-16,21,24,27,30,33,36,39,41,43-62,66H2,1-2H3,(H,69,70)/b7-5-,8-6-,13-11-,14-12-,19-17-,20-18-,23-22-,26-25-,29-28-,32-31-,35-34-,38-37-,42-40-. The van der Waals surface area contributed by atoms with Crippen LogP contribution in [-0.2, 0) is 32.7 Å². The highest BCUT2D eigenvalue weighted by molar-refractivity contribution is 7.47. The topological polar surface area (TPSA) is 134 Å². The fourth-order valence-corrected chi connectivity index (χ4v) is 7.97. The van der Waals surface area contributed by atoms with Crippen LogP contribution in [0.5, 0.6) is 0 Å². The number of carbonyl (C=O) groups is 2. The number of allylic oxidation sites excluding steroid dienone is 26. The monoisotopic (exact) mass is 1060 g/mol. The smallest absolute Gasteiger partial charge is 0.462 e. The Bertz CT molecular complexity index is 1780. The molecule has 10 heteroatoms. The van der Waals surface area contributed by atoms with Crippen LogP contribution >= 0.6 is 7.82 Å². The summed E-state index contributed by atoms with van der Waals surface area (Å²) in [6.45, 7) is 3.46. The number of ether oxygens (including phenoxy) is 2. The van der Waals surface area contributed by atoms with Gasteiger partial charge in [-0.2, -0.15) is 0 Å². The maximum absolute atomic E-state index is 12.7. The molecule has 0 rings (SSSR count). The zero-order chi connectivity index (χ0) is 54.5. The molecule has 0 saturated carbocycles. The Balaban J connectivity index is 4.07. The first-order chi connectivity index (χ1) is 36.8. The van der Waals surface area contributed by atoms with E-state index in [0.29, 0.717) is 12.8 Å². The van der Waals surface area contributed by atoms with Crippen molar-refractivity contribution in [2.24, 2.45) is 5.73 Å². The molecule has 0 aliphatic heterocycles. The number of phosphoric acid groups is 1. The van der Waals surface area contributed by atoms with Gasteiger partial charge in [0.25, 0.3) is 0 Å². The van der Waals surface area contributed by atoms with Gasteiger partial charge in [-0.05, 0) is 122 Å². The minimum Gasteiger partial charge on any atom is -0.462 e. The molecule has 3 N–H and O–H groups in total. The van der Waals surface area contributed by atoms with Crippen molar-refractivity contribution >= 4 is 19.8 Å². The molecule has 0 aromatic rings. The molecule has 0 aliphatic carbocycles. The van der Waals surface area contributed by atoms with Crippen molar-refractivity contribution in [1.82, 2.24) is 0 Å². The molecule has 422 valence electrons. The maximum Gasteiger partial charge on any atom is 0.472 e. The second kappa shape index (κ2) is 58.9. The molecular formula is C65H104NO8P. The normalized spacial score (nSPS) is 14.2. The van der Waals surface area contributed by atoms with Gasteiger partial charge in [-0.25, -0.2) is 4.57 Å². The number of phosphoric ester groups is 1. The highest BCUT2D eigenvalue weighted by Gasteiger charge is 2.26. The molecule has 0 aliphatic rings. The SMILES string of the molecule is CC/C=C\C/C=C\C/C=C\C/C=C\C/C=C\C/C=C\C/C=C\C/C=C\C/C=C\C/C=C\CCCCCCCCC(=O)OC(COC(=O)CCCCCCCCC/C=C\C/C=C\C/C=C\CC)COP(=O)(O)OCCN. The molecule has 0 fully saturated rings. The fourth-order valence-electron chi connectivity index (χ4n) is 7.21. The first kappa shape index (κ1) is 70.6. The number of hydrogen-bond acceptors (Lipinski definition) is 8. The third kappa shape index (κ3) is 58.7. The molecule has 0 amide bonds. The van der Waals surface area contributed by atoms with Crippen LogP contribution in [0.2, 0.25) is 0 Å². The summed E-state index contributed by atoms with van der Waals surface area (Å²) < 4.78 is 33.0. The van der Waals surface area contributed by atoms with Gasteiger partial charge in [0.1, 0.15) is 6.61 Å². The highest BCUT2D eigenvalue weighted by Crippen LogP contribution is 2.43. The molecule has 0 aromatic carbocycles. The summed E-state index contributed by atoms with van der Waals surface area (Å²) in [5, 5.41) is 0. The molecule has 0 spiro atoms. The summed E-state index contributed by atoms with van der Waals surface area (Å²) in [4.78, 5) is 35.1. The number of unbranched alkanes of at least 4 members (excludes halogenated alkanes) is 13. The molecular weight excluding hydrogens is 954 g/mol. The van der Waals surface area contributed by atoms with Crippen molar-refractivity contribution in [2.45, 2.75) is 213 Å². The zero-order valence-electron chi connectivity index (χ0n) is 47.0. The molecule has 0 saturated heterocycles. The summed E-state index contributed by atoms with van der Waals surface area (Å²) in [6, 6.07) is 0. The van der Waals surface area contributed by atoms with Gasteiger partial charge in [0.15, 0.2) is 6.10 Å². The number of carbonyl (C=O) groups excluding carboxylic acids is 2. The van der Waals surface area contributed by atoms with Gasteiger partial charge in [-0.1, -0.05) is 230 Å². The van der Waals surface area contributed by atoms with E-state index in [4.69, 9.17) is 24.3 Å². The van der Waals surface area contributed by atoms with Gasteiger partial charge in [0, 0.05) is 19.4 Å². The van der Waals surface area contributed by atoms with Crippen LogP contribution in [0.1, 0.15) is 206 Å². The maximum atomic E-state index is 12.7. The highest BCUT2D eigenvalue weighted by atomic mass is 31.2.